The first-order valence-electron chi connectivity index (χ1n) is 4.48. The third-order valence-electron chi connectivity index (χ3n) is 2.56. The highest BCUT2D eigenvalue weighted by Gasteiger charge is 2.25. The molecule has 0 saturated heterocycles. The fourth-order valence-corrected chi connectivity index (χ4v) is 2.09. The van der Waals surface area contributed by atoms with Crippen LogP contribution in [0.5, 0.6) is 0 Å². The van der Waals surface area contributed by atoms with Crippen LogP contribution in [0.25, 0.3) is 0 Å². The predicted molar refractivity (Wildman–Crippen MR) is 55.4 cm³/mol. The minimum absolute atomic E-state index is 0.0305. The van der Waals surface area contributed by atoms with Crippen molar-refractivity contribution in [2.75, 3.05) is 5.73 Å². The van der Waals surface area contributed by atoms with Gasteiger partial charge in [-0.2, -0.15) is 0 Å². The Morgan fingerprint density at radius 3 is 2.80 bits per heavy atom. The summed E-state index contributed by atoms with van der Waals surface area (Å²) in [6.45, 7) is 0.508. The highest BCUT2D eigenvalue weighted by atomic mass is 35.5. The largest absolute Gasteiger partial charge is 0.478 e. The molecule has 15 heavy (non-hydrogen) atoms. The second-order valence-corrected chi connectivity index (χ2v) is 3.79. The molecule has 6 heteroatoms. The molecule has 0 fully saturated rings. The van der Waals surface area contributed by atoms with Crippen LogP contribution in [0.1, 0.15) is 22.5 Å². The number of fused-ring (bicyclic) bond motifs is 1. The molecule has 80 valence electrons. The van der Waals surface area contributed by atoms with Gasteiger partial charge in [-0.25, -0.2) is 4.79 Å². The maximum absolute atomic E-state index is 11.6. The van der Waals surface area contributed by atoms with Gasteiger partial charge in [0, 0.05) is 12.2 Å². The van der Waals surface area contributed by atoms with Crippen molar-refractivity contribution in [2.24, 2.45) is 0 Å². The van der Waals surface area contributed by atoms with E-state index in [1.807, 2.05) is 0 Å². The molecule has 0 unspecified atom stereocenters. The lowest BCUT2D eigenvalue weighted by atomic mass is 10.1. The fourth-order valence-electron chi connectivity index (χ4n) is 1.90. The Hall–Kier alpha value is -1.49. The number of carboxylic acids is 1. The second-order valence-electron chi connectivity index (χ2n) is 3.41. The molecule has 1 aromatic rings. The summed E-state index contributed by atoms with van der Waals surface area (Å²) >= 11 is 5.69. The van der Waals surface area contributed by atoms with Crippen molar-refractivity contribution in [1.82, 2.24) is 4.57 Å². The van der Waals surface area contributed by atoms with Gasteiger partial charge in [0.05, 0.1) is 5.69 Å². The monoisotopic (exact) mass is 228 g/mol. The summed E-state index contributed by atoms with van der Waals surface area (Å²) in [6.07, 6.45) is 1.30. The van der Waals surface area contributed by atoms with Crippen LogP contribution in [0.3, 0.4) is 0 Å². The molecule has 1 aliphatic rings. The first-order valence-corrected chi connectivity index (χ1v) is 4.85. The number of hydrogen-bond donors (Lipinski definition) is 2. The fraction of sp³-hybridized carbons (Fsp3) is 0.333. The molecule has 2 heterocycles. The number of halogens is 1. The molecule has 5 nitrogen and oxygen atoms in total. The van der Waals surface area contributed by atoms with Gasteiger partial charge in [-0.1, -0.05) is 11.6 Å². The average Bonchev–Trinajstić information content (AvgIpc) is 2.62. The molecule has 0 bridgehead atoms. The minimum atomic E-state index is -1.14. The molecule has 1 aliphatic heterocycles. The van der Waals surface area contributed by atoms with Gasteiger partial charge in [0.15, 0.2) is 0 Å². The molecule has 0 atom stereocenters. The lowest BCUT2D eigenvalue weighted by Crippen LogP contribution is -2.24. The molecular weight excluding hydrogens is 220 g/mol. The van der Waals surface area contributed by atoms with Crippen LogP contribution >= 0.6 is 11.6 Å². The number of aromatic carboxylic acids is 1. The van der Waals surface area contributed by atoms with Crippen LogP contribution in [0.4, 0.5) is 5.69 Å². The van der Waals surface area contributed by atoms with Gasteiger partial charge in [0.25, 0.3) is 5.56 Å². The van der Waals surface area contributed by atoms with E-state index in [0.29, 0.717) is 18.7 Å². The minimum Gasteiger partial charge on any atom is -0.478 e. The summed E-state index contributed by atoms with van der Waals surface area (Å²) in [7, 11) is 0. The summed E-state index contributed by atoms with van der Waals surface area (Å²) in [4.78, 5) is 22.6. The van der Waals surface area contributed by atoms with Gasteiger partial charge in [-0.3, -0.25) is 4.79 Å². The summed E-state index contributed by atoms with van der Waals surface area (Å²) in [5.41, 5.74) is 5.46. The van der Waals surface area contributed by atoms with Crippen molar-refractivity contribution in [3.8, 4) is 0 Å². The Bertz CT molecular complexity index is 507. The van der Waals surface area contributed by atoms with E-state index in [0.717, 1.165) is 6.42 Å². The van der Waals surface area contributed by atoms with Gasteiger partial charge >= 0.3 is 5.97 Å². The first kappa shape index (κ1) is 10.0. The Balaban J connectivity index is 2.87. The van der Waals surface area contributed by atoms with E-state index in [2.05, 4.69) is 0 Å². The maximum atomic E-state index is 11.6. The van der Waals surface area contributed by atoms with Gasteiger partial charge in [0.2, 0.25) is 0 Å². The van der Waals surface area contributed by atoms with Crippen LogP contribution in [0.2, 0.25) is 5.02 Å². The number of anilines is 1. The Morgan fingerprint density at radius 2 is 2.20 bits per heavy atom. The van der Waals surface area contributed by atoms with E-state index >= 15 is 0 Å². The van der Waals surface area contributed by atoms with Gasteiger partial charge < -0.3 is 15.4 Å². The second kappa shape index (κ2) is 3.27. The van der Waals surface area contributed by atoms with Crippen LogP contribution in [-0.2, 0) is 13.0 Å². The van der Waals surface area contributed by atoms with Crippen LogP contribution in [0, 0.1) is 0 Å². The first-order chi connectivity index (χ1) is 7.04. The van der Waals surface area contributed by atoms with E-state index in [-0.39, 0.29) is 16.3 Å². The summed E-state index contributed by atoms with van der Waals surface area (Å²) < 4.78 is 1.39. The van der Waals surface area contributed by atoms with E-state index in [4.69, 9.17) is 22.4 Å². The summed E-state index contributed by atoms with van der Waals surface area (Å²) in [5, 5.41) is 8.79. The average molecular weight is 229 g/mol. The number of nitrogen functional groups attached to an aromatic ring is 1. The topological polar surface area (TPSA) is 85.3 Å². The number of hydrogen-bond acceptors (Lipinski definition) is 3. The molecule has 0 amide bonds. The van der Waals surface area contributed by atoms with Crippen LogP contribution in [0.15, 0.2) is 4.79 Å². The highest BCUT2D eigenvalue weighted by molar-refractivity contribution is 6.33. The standard InChI is InChI=1S/C9H9ClN2O3/c10-6-7(11)5(9(14)15)4-2-1-3-12(4)8(6)13/h1-3,11H2,(H,14,15). The number of carbonyl (C=O) groups is 1. The Morgan fingerprint density at radius 1 is 1.53 bits per heavy atom. The molecule has 0 aliphatic carbocycles. The van der Waals surface area contributed by atoms with Crippen molar-refractivity contribution in [3.63, 3.8) is 0 Å². The molecule has 0 spiro atoms. The van der Waals surface area contributed by atoms with Gasteiger partial charge in [-0.05, 0) is 12.8 Å². The molecule has 0 aromatic carbocycles. The SMILES string of the molecule is Nc1c(C(=O)O)c2n(c(=O)c1Cl)CCC2. The zero-order chi connectivity index (χ0) is 11.2. The van der Waals surface area contributed by atoms with Crippen molar-refractivity contribution < 1.29 is 9.90 Å². The molecule has 0 saturated carbocycles. The van der Waals surface area contributed by atoms with Crippen LogP contribution < -0.4 is 11.3 Å². The quantitative estimate of drug-likeness (QED) is 0.742. The number of pyridine rings is 1. The van der Waals surface area contributed by atoms with E-state index < -0.39 is 11.5 Å². The third kappa shape index (κ3) is 1.31. The predicted octanol–water partition coefficient (Wildman–Crippen LogP) is 0.728. The Labute approximate surface area is 90.1 Å². The van der Waals surface area contributed by atoms with E-state index in [9.17, 15) is 9.59 Å². The zero-order valence-electron chi connectivity index (χ0n) is 7.79. The molecule has 0 radical (unpaired) electrons. The summed E-state index contributed by atoms with van der Waals surface area (Å²) in [6, 6.07) is 0. The molecule has 1 aromatic heterocycles. The normalized spacial score (nSPS) is 13.9. The molecular formula is C9H9ClN2O3. The number of rotatable bonds is 1. The molecule has 2 rings (SSSR count). The Kier molecular flexibility index (Phi) is 2.19. The number of carboxylic acid groups (broad SMARTS) is 1. The van der Waals surface area contributed by atoms with Crippen molar-refractivity contribution in [1.29, 1.82) is 0 Å². The lowest BCUT2D eigenvalue weighted by Gasteiger charge is -2.10. The molecule has 3 N–H and O–H groups in total. The summed E-state index contributed by atoms with van der Waals surface area (Å²) in [5.74, 6) is -1.14. The van der Waals surface area contributed by atoms with Crippen LogP contribution in [-0.4, -0.2) is 15.6 Å². The zero-order valence-corrected chi connectivity index (χ0v) is 8.54. The highest BCUT2D eigenvalue weighted by Crippen LogP contribution is 2.26. The number of nitrogens with two attached hydrogens (primary N) is 1. The number of aromatic nitrogens is 1. The van der Waals surface area contributed by atoms with Gasteiger partial charge in [-0.15, -0.1) is 0 Å². The van der Waals surface area contributed by atoms with Gasteiger partial charge in [0.1, 0.15) is 10.6 Å². The van der Waals surface area contributed by atoms with Crippen molar-refractivity contribution in [2.45, 2.75) is 19.4 Å². The lowest BCUT2D eigenvalue weighted by molar-refractivity contribution is 0.0696. The number of nitrogens with zero attached hydrogens (tertiary/aromatic N) is 1. The maximum Gasteiger partial charge on any atom is 0.339 e. The smallest absolute Gasteiger partial charge is 0.339 e. The van der Waals surface area contributed by atoms with Crippen molar-refractivity contribution in [3.05, 3.63) is 26.6 Å². The van der Waals surface area contributed by atoms with Crippen molar-refractivity contribution >= 4 is 23.3 Å². The van der Waals surface area contributed by atoms with E-state index in [1.165, 1.54) is 4.57 Å². The third-order valence-corrected chi connectivity index (χ3v) is 2.93. The van der Waals surface area contributed by atoms with E-state index in [1.54, 1.807) is 0 Å².